The molecule has 0 fully saturated rings. The van der Waals surface area contributed by atoms with Crippen molar-refractivity contribution in [3.05, 3.63) is 34.3 Å². The zero-order chi connectivity index (χ0) is 11.8. The number of aliphatic hydroxyl groups is 1. The standard InChI is InChI=1S/C12H18BrNO2/c1-10(14-5-7-16-8-6-15)11-3-2-4-12(13)9-11/h2-4,9-10,14-15H,5-8H2,1H3/t10-/m1/s1. The second-order valence-corrected chi connectivity index (χ2v) is 4.48. The molecule has 0 radical (unpaired) electrons. The minimum atomic E-state index is 0.0845. The molecule has 3 nitrogen and oxygen atoms in total. The maximum absolute atomic E-state index is 8.53. The highest BCUT2D eigenvalue weighted by Gasteiger charge is 2.03. The molecule has 0 unspecified atom stereocenters. The summed E-state index contributed by atoms with van der Waals surface area (Å²) < 4.78 is 6.26. The Morgan fingerprint density at radius 3 is 2.94 bits per heavy atom. The molecule has 16 heavy (non-hydrogen) atoms. The molecule has 0 aromatic heterocycles. The zero-order valence-electron chi connectivity index (χ0n) is 9.45. The van der Waals surface area contributed by atoms with Crippen molar-refractivity contribution in [1.82, 2.24) is 5.32 Å². The van der Waals surface area contributed by atoms with Gasteiger partial charge in [-0.2, -0.15) is 0 Å². The Balaban J connectivity index is 2.27. The van der Waals surface area contributed by atoms with Gasteiger partial charge in [0.15, 0.2) is 0 Å². The van der Waals surface area contributed by atoms with Crippen LogP contribution in [-0.2, 0) is 4.74 Å². The molecule has 0 bridgehead atoms. The molecule has 0 saturated carbocycles. The van der Waals surface area contributed by atoms with Crippen LogP contribution in [0.3, 0.4) is 0 Å². The van der Waals surface area contributed by atoms with Crippen LogP contribution in [0.4, 0.5) is 0 Å². The van der Waals surface area contributed by atoms with Gasteiger partial charge in [0.05, 0.1) is 19.8 Å². The van der Waals surface area contributed by atoms with Gasteiger partial charge in [0, 0.05) is 17.1 Å². The van der Waals surface area contributed by atoms with Crippen LogP contribution >= 0.6 is 15.9 Å². The first-order chi connectivity index (χ1) is 7.74. The molecule has 0 aliphatic rings. The lowest BCUT2D eigenvalue weighted by Gasteiger charge is -2.14. The van der Waals surface area contributed by atoms with Gasteiger partial charge in [-0.15, -0.1) is 0 Å². The predicted octanol–water partition coefficient (Wildman–Crippen LogP) is 2.11. The van der Waals surface area contributed by atoms with Gasteiger partial charge in [0.2, 0.25) is 0 Å². The normalized spacial score (nSPS) is 12.7. The third-order valence-electron chi connectivity index (χ3n) is 2.28. The minimum Gasteiger partial charge on any atom is -0.394 e. The Labute approximate surface area is 105 Å². The second kappa shape index (κ2) is 7.79. The fraction of sp³-hybridized carbons (Fsp3) is 0.500. The highest BCUT2D eigenvalue weighted by molar-refractivity contribution is 9.10. The van der Waals surface area contributed by atoms with E-state index in [1.165, 1.54) is 5.56 Å². The summed E-state index contributed by atoms with van der Waals surface area (Å²) in [7, 11) is 0. The fourth-order valence-corrected chi connectivity index (χ4v) is 1.82. The van der Waals surface area contributed by atoms with Crippen LogP contribution in [0, 0.1) is 0 Å². The van der Waals surface area contributed by atoms with E-state index in [1.807, 2.05) is 12.1 Å². The summed E-state index contributed by atoms with van der Waals surface area (Å²) in [5.74, 6) is 0. The first-order valence-corrected chi connectivity index (χ1v) is 6.21. The fourth-order valence-electron chi connectivity index (χ4n) is 1.41. The highest BCUT2D eigenvalue weighted by atomic mass is 79.9. The molecular weight excluding hydrogens is 270 g/mol. The lowest BCUT2D eigenvalue weighted by Crippen LogP contribution is -2.23. The Bertz CT molecular complexity index is 307. The summed E-state index contributed by atoms with van der Waals surface area (Å²) in [5.41, 5.74) is 1.25. The third-order valence-corrected chi connectivity index (χ3v) is 2.77. The van der Waals surface area contributed by atoms with Gasteiger partial charge in [-0.25, -0.2) is 0 Å². The molecule has 1 aromatic rings. The smallest absolute Gasteiger partial charge is 0.0698 e. The van der Waals surface area contributed by atoms with Crippen LogP contribution in [0.25, 0.3) is 0 Å². The molecule has 2 N–H and O–H groups in total. The lowest BCUT2D eigenvalue weighted by molar-refractivity contribution is 0.0928. The average molecular weight is 288 g/mol. The Hall–Kier alpha value is -0.420. The van der Waals surface area contributed by atoms with E-state index >= 15 is 0 Å². The van der Waals surface area contributed by atoms with E-state index in [4.69, 9.17) is 9.84 Å². The van der Waals surface area contributed by atoms with Crippen molar-refractivity contribution in [3.8, 4) is 0 Å². The van der Waals surface area contributed by atoms with Crippen molar-refractivity contribution in [2.24, 2.45) is 0 Å². The van der Waals surface area contributed by atoms with E-state index in [0.717, 1.165) is 11.0 Å². The Kier molecular flexibility index (Phi) is 6.64. The summed E-state index contributed by atoms with van der Waals surface area (Å²) in [6, 6.07) is 8.54. The summed E-state index contributed by atoms with van der Waals surface area (Å²) in [6.45, 7) is 4.02. The van der Waals surface area contributed by atoms with Gasteiger partial charge in [-0.05, 0) is 24.6 Å². The summed E-state index contributed by atoms with van der Waals surface area (Å²) in [5, 5.41) is 11.9. The lowest BCUT2D eigenvalue weighted by atomic mass is 10.1. The van der Waals surface area contributed by atoms with E-state index in [2.05, 4.69) is 40.3 Å². The van der Waals surface area contributed by atoms with Crippen molar-refractivity contribution in [2.75, 3.05) is 26.4 Å². The second-order valence-electron chi connectivity index (χ2n) is 3.57. The first-order valence-electron chi connectivity index (χ1n) is 5.41. The van der Waals surface area contributed by atoms with E-state index in [0.29, 0.717) is 19.3 Å². The van der Waals surface area contributed by atoms with E-state index in [1.54, 1.807) is 0 Å². The molecule has 4 heteroatoms. The number of ether oxygens (including phenoxy) is 1. The molecule has 0 saturated heterocycles. The van der Waals surface area contributed by atoms with E-state index in [9.17, 15) is 0 Å². The molecule has 0 aliphatic carbocycles. The van der Waals surface area contributed by atoms with Gasteiger partial charge >= 0.3 is 0 Å². The summed E-state index contributed by atoms with van der Waals surface area (Å²) in [6.07, 6.45) is 0. The maximum atomic E-state index is 8.53. The molecule has 0 heterocycles. The van der Waals surface area contributed by atoms with Gasteiger partial charge in [-0.3, -0.25) is 0 Å². The molecular formula is C12H18BrNO2. The van der Waals surface area contributed by atoms with E-state index in [-0.39, 0.29) is 6.61 Å². The predicted molar refractivity (Wildman–Crippen MR) is 68.5 cm³/mol. The van der Waals surface area contributed by atoms with Crippen molar-refractivity contribution >= 4 is 15.9 Å². The Morgan fingerprint density at radius 2 is 2.25 bits per heavy atom. The minimum absolute atomic E-state index is 0.0845. The summed E-state index contributed by atoms with van der Waals surface area (Å²) >= 11 is 3.45. The van der Waals surface area contributed by atoms with Crippen LogP contribution in [0.15, 0.2) is 28.7 Å². The van der Waals surface area contributed by atoms with Gasteiger partial charge in [-0.1, -0.05) is 28.1 Å². The molecule has 0 spiro atoms. The molecule has 1 atom stereocenters. The molecule has 0 amide bonds. The number of benzene rings is 1. The number of rotatable bonds is 7. The maximum Gasteiger partial charge on any atom is 0.0698 e. The SMILES string of the molecule is C[C@@H](NCCOCCO)c1cccc(Br)c1. The highest BCUT2D eigenvalue weighted by Crippen LogP contribution is 2.17. The van der Waals surface area contributed by atoms with Crippen molar-refractivity contribution in [1.29, 1.82) is 0 Å². The zero-order valence-corrected chi connectivity index (χ0v) is 11.0. The largest absolute Gasteiger partial charge is 0.394 e. The van der Waals surface area contributed by atoms with Crippen molar-refractivity contribution in [3.63, 3.8) is 0 Å². The molecule has 0 aliphatic heterocycles. The average Bonchev–Trinajstić information content (AvgIpc) is 2.28. The monoisotopic (exact) mass is 287 g/mol. The molecule has 90 valence electrons. The Morgan fingerprint density at radius 1 is 1.44 bits per heavy atom. The van der Waals surface area contributed by atoms with Crippen LogP contribution < -0.4 is 5.32 Å². The van der Waals surface area contributed by atoms with Crippen LogP contribution in [0.1, 0.15) is 18.5 Å². The number of hydrogen-bond donors (Lipinski definition) is 2. The van der Waals surface area contributed by atoms with E-state index < -0.39 is 0 Å². The molecule has 1 aromatic carbocycles. The first kappa shape index (κ1) is 13.6. The van der Waals surface area contributed by atoms with Crippen LogP contribution in [-0.4, -0.2) is 31.5 Å². The van der Waals surface area contributed by atoms with Gasteiger partial charge in [0.1, 0.15) is 0 Å². The quantitative estimate of drug-likeness (QED) is 0.755. The summed E-state index contributed by atoms with van der Waals surface area (Å²) in [4.78, 5) is 0. The number of halogens is 1. The van der Waals surface area contributed by atoms with Crippen LogP contribution in [0.5, 0.6) is 0 Å². The third kappa shape index (κ3) is 5.07. The van der Waals surface area contributed by atoms with Crippen LogP contribution in [0.2, 0.25) is 0 Å². The molecule has 1 rings (SSSR count). The topological polar surface area (TPSA) is 41.5 Å². The van der Waals surface area contributed by atoms with Gasteiger partial charge in [0.25, 0.3) is 0 Å². The number of hydrogen-bond acceptors (Lipinski definition) is 3. The number of nitrogens with one attached hydrogen (secondary N) is 1. The van der Waals surface area contributed by atoms with Gasteiger partial charge < -0.3 is 15.2 Å². The number of aliphatic hydroxyl groups excluding tert-OH is 1. The van der Waals surface area contributed by atoms with Crippen molar-refractivity contribution in [2.45, 2.75) is 13.0 Å². The van der Waals surface area contributed by atoms with Crippen molar-refractivity contribution < 1.29 is 9.84 Å².